The van der Waals surface area contributed by atoms with Crippen LogP contribution in [0.2, 0.25) is 0 Å². The zero-order chi connectivity index (χ0) is 23.5. The molecule has 0 radical (unpaired) electrons. The summed E-state index contributed by atoms with van der Waals surface area (Å²) in [5, 5.41) is 11.1. The first-order chi connectivity index (χ1) is 15.6. The molecule has 1 saturated heterocycles. The predicted molar refractivity (Wildman–Crippen MR) is 117 cm³/mol. The molecule has 2 aromatic heterocycles. The average Bonchev–Trinajstić information content (AvgIpc) is 3.29. The number of aromatic nitrogens is 3. The summed E-state index contributed by atoms with van der Waals surface area (Å²) in [4.78, 5) is 27.6. The zero-order valence-electron chi connectivity index (χ0n) is 18.1. The number of pyridine rings is 1. The van der Waals surface area contributed by atoms with Gasteiger partial charge in [0.1, 0.15) is 5.69 Å². The van der Waals surface area contributed by atoms with Gasteiger partial charge in [0.05, 0.1) is 18.1 Å². The van der Waals surface area contributed by atoms with Crippen LogP contribution in [-0.2, 0) is 13.6 Å². The van der Waals surface area contributed by atoms with Crippen molar-refractivity contribution in [1.82, 2.24) is 24.6 Å². The Labute approximate surface area is 187 Å². The molecule has 5 rings (SSSR count). The van der Waals surface area contributed by atoms with E-state index in [1.54, 1.807) is 24.2 Å². The second-order valence-electron chi connectivity index (χ2n) is 8.91. The highest BCUT2D eigenvalue weighted by atomic mass is 19.4. The van der Waals surface area contributed by atoms with E-state index < -0.39 is 12.7 Å². The van der Waals surface area contributed by atoms with Crippen molar-refractivity contribution in [3.05, 3.63) is 46.4 Å². The molecular formula is C22H23F3N6O2. The maximum atomic E-state index is 12.9. The maximum absolute atomic E-state index is 12.9. The van der Waals surface area contributed by atoms with Crippen molar-refractivity contribution in [3.63, 3.8) is 0 Å². The molecule has 2 aliphatic heterocycles. The molecule has 11 heteroatoms. The number of anilines is 1. The Morgan fingerprint density at radius 3 is 2.70 bits per heavy atom. The first kappa shape index (κ1) is 21.5. The lowest BCUT2D eigenvalue weighted by molar-refractivity contribution is -0.144. The van der Waals surface area contributed by atoms with Gasteiger partial charge in [-0.3, -0.25) is 14.8 Å². The van der Waals surface area contributed by atoms with Gasteiger partial charge in [-0.15, -0.1) is 0 Å². The van der Waals surface area contributed by atoms with Gasteiger partial charge in [0, 0.05) is 55.6 Å². The Bertz CT molecular complexity index is 1300. The molecule has 0 bridgehead atoms. The minimum absolute atomic E-state index is 0.0847. The minimum Gasteiger partial charge on any atom is -0.318 e. The number of amides is 2. The average molecular weight is 460 g/mol. The summed E-state index contributed by atoms with van der Waals surface area (Å²) in [7, 11) is 1.67. The Balaban J connectivity index is 1.45. The van der Waals surface area contributed by atoms with Crippen LogP contribution in [0, 0.1) is 5.92 Å². The van der Waals surface area contributed by atoms with Crippen LogP contribution in [0.5, 0.6) is 0 Å². The Hall–Kier alpha value is -3.34. The van der Waals surface area contributed by atoms with Crippen molar-refractivity contribution in [2.45, 2.75) is 25.7 Å². The largest absolute Gasteiger partial charge is 0.401 e. The molecule has 3 aromatic rings. The monoisotopic (exact) mass is 460 g/mol. The Morgan fingerprint density at radius 2 is 1.97 bits per heavy atom. The van der Waals surface area contributed by atoms with Crippen LogP contribution < -0.4 is 10.9 Å². The molecule has 8 nitrogen and oxygen atoms in total. The lowest BCUT2D eigenvalue weighted by Gasteiger charge is -2.35. The number of rotatable bonds is 3. The molecular weight excluding hydrogens is 437 g/mol. The summed E-state index contributed by atoms with van der Waals surface area (Å²) in [5.41, 5.74) is 3.56. The van der Waals surface area contributed by atoms with E-state index >= 15 is 0 Å². The Morgan fingerprint density at radius 1 is 1.18 bits per heavy atom. The fourth-order valence-corrected chi connectivity index (χ4v) is 4.86. The van der Waals surface area contributed by atoms with Gasteiger partial charge in [-0.2, -0.15) is 18.3 Å². The van der Waals surface area contributed by atoms with Crippen molar-refractivity contribution in [1.29, 1.82) is 0 Å². The second kappa shape index (κ2) is 7.62. The summed E-state index contributed by atoms with van der Waals surface area (Å²) < 4.78 is 40.1. The SMILES string of the molecule is CC1CN(CC(F)(F)F)CC1N1Cc2cc3c(-c4ccc(=O)n(C)c4)n[nH]c3cc2NC1=O. The second-order valence-corrected chi connectivity index (χ2v) is 8.91. The summed E-state index contributed by atoms with van der Waals surface area (Å²) >= 11 is 0. The van der Waals surface area contributed by atoms with Crippen molar-refractivity contribution in [2.24, 2.45) is 13.0 Å². The molecule has 2 atom stereocenters. The van der Waals surface area contributed by atoms with E-state index in [1.165, 1.54) is 15.5 Å². The molecule has 1 fully saturated rings. The molecule has 33 heavy (non-hydrogen) atoms. The highest BCUT2D eigenvalue weighted by Crippen LogP contribution is 2.35. The number of aryl methyl sites for hydroxylation is 1. The van der Waals surface area contributed by atoms with Crippen LogP contribution in [-0.4, -0.2) is 62.4 Å². The number of carbonyl (C=O) groups excluding carboxylic acids is 1. The van der Waals surface area contributed by atoms with Crippen LogP contribution in [0.1, 0.15) is 12.5 Å². The Kier molecular flexibility index (Phi) is 4.96. The van der Waals surface area contributed by atoms with Crippen LogP contribution in [0.4, 0.5) is 23.7 Å². The maximum Gasteiger partial charge on any atom is 0.401 e. The number of hydrogen-bond acceptors (Lipinski definition) is 4. The highest BCUT2D eigenvalue weighted by molar-refractivity contribution is 6.00. The van der Waals surface area contributed by atoms with Gasteiger partial charge in [-0.25, -0.2) is 4.79 Å². The third-order valence-electron chi connectivity index (χ3n) is 6.44. The van der Waals surface area contributed by atoms with Crippen LogP contribution in [0.3, 0.4) is 0 Å². The topological polar surface area (TPSA) is 86.3 Å². The van der Waals surface area contributed by atoms with Crippen molar-refractivity contribution < 1.29 is 18.0 Å². The number of carbonyl (C=O) groups is 1. The van der Waals surface area contributed by atoms with Crippen molar-refractivity contribution in [2.75, 3.05) is 25.0 Å². The van der Waals surface area contributed by atoms with Gasteiger partial charge in [0.25, 0.3) is 0 Å². The normalized spacial score (nSPS) is 21.5. The molecule has 0 saturated carbocycles. The lowest BCUT2D eigenvalue weighted by Crippen LogP contribution is -2.48. The van der Waals surface area contributed by atoms with E-state index in [1.807, 2.05) is 19.1 Å². The number of likely N-dealkylation sites (tertiary alicyclic amines) is 1. The summed E-state index contributed by atoms with van der Waals surface area (Å²) in [5.74, 6) is -0.0847. The van der Waals surface area contributed by atoms with Crippen molar-refractivity contribution >= 4 is 22.6 Å². The van der Waals surface area contributed by atoms with Gasteiger partial charge in [0.15, 0.2) is 0 Å². The molecule has 2 N–H and O–H groups in total. The highest BCUT2D eigenvalue weighted by Gasteiger charge is 2.42. The van der Waals surface area contributed by atoms with Gasteiger partial charge in [0.2, 0.25) is 5.56 Å². The van der Waals surface area contributed by atoms with Gasteiger partial charge < -0.3 is 14.8 Å². The molecule has 2 unspecified atom stereocenters. The molecule has 4 heterocycles. The van der Waals surface area contributed by atoms with E-state index in [-0.39, 0.29) is 30.1 Å². The molecule has 0 aliphatic carbocycles. The number of alkyl halides is 3. The third-order valence-corrected chi connectivity index (χ3v) is 6.44. The minimum atomic E-state index is -4.27. The number of halogens is 3. The van der Waals surface area contributed by atoms with E-state index in [9.17, 15) is 22.8 Å². The number of nitrogens with zero attached hydrogens (tertiary/aromatic N) is 4. The van der Waals surface area contributed by atoms with Crippen molar-refractivity contribution in [3.8, 4) is 11.3 Å². The standard InChI is InChI=1S/C22H23F3N6O2/c1-12-7-30(11-22(23,24)25)10-18(12)31-9-14-5-15-17(6-16(14)26-21(31)33)27-28-20(15)13-3-4-19(32)29(2)8-13/h3-6,8,12,18H,7,9-11H2,1-2H3,(H,26,33)(H,27,28). The lowest BCUT2D eigenvalue weighted by atomic mass is 10.00. The summed E-state index contributed by atoms with van der Waals surface area (Å²) in [6.07, 6.45) is -2.56. The number of urea groups is 1. The smallest absolute Gasteiger partial charge is 0.318 e. The van der Waals surface area contributed by atoms with Crippen LogP contribution in [0.15, 0.2) is 35.3 Å². The number of H-pyrrole nitrogens is 1. The van der Waals surface area contributed by atoms with Gasteiger partial charge >= 0.3 is 12.2 Å². The molecule has 0 spiro atoms. The van der Waals surface area contributed by atoms with E-state index in [0.29, 0.717) is 24.5 Å². The van der Waals surface area contributed by atoms with Crippen LogP contribution >= 0.6 is 0 Å². The fourth-order valence-electron chi connectivity index (χ4n) is 4.86. The zero-order valence-corrected chi connectivity index (χ0v) is 18.1. The van der Waals surface area contributed by atoms with E-state index in [0.717, 1.165) is 22.0 Å². The number of nitrogens with one attached hydrogen (secondary N) is 2. The molecule has 1 aromatic carbocycles. The number of hydrogen-bond donors (Lipinski definition) is 2. The predicted octanol–water partition coefficient (Wildman–Crippen LogP) is 3.16. The summed E-state index contributed by atoms with van der Waals surface area (Å²) in [6.45, 7) is 1.67. The third kappa shape index (κ3) is 3.97. The molecule has 2 aliphatic rings. The van der Waals surface area contributed by atoms with Gasteiger partial charge in [-0.05, 0) is 29.7 Å². The van der Waals surface area contributed by atoms with E-state index in [4.69, 9.17) is 0 Å². The molecule has 2 amide bonds. The van der Waals surface area contributed by atoms with Crippen LogP contribution in [0.25, 0.3) is 22.2 Å². The number of aromatic amines is 1. The molecule has 174 valence electrons. The number of benzene rings is 1. The fraction of sp³-hybridized carbons (Fsp3) is 0.409. The number of fused-ring (bicyclic) bond motifs is 2. The summed E-state index contributed by atoms with van der Waals surface area (Å²) in [6, 6.07) is 6.31. The van der Waals surface area contributed by atoms with Gasteiger partial charge in [-0.1, -0.05) is 6.92 Å². The first-order valence-electron chi connectivity index (χ1n) is 10.6. The first-order valence-corrected chi connectivity index (χ1v) is 10.6. The van der Waals surface area contributed by atoms with E-state index in [2.05, 4.69) is 15.5 Å². The quantitative estimate of drug-likeness (QED) is 0.629.